The van der Waals surface area contributed by atoms with E-state index in [2.05, 4.69) is 5.32 Å². The summed E-state index contributed by atoms with van der Waals surface area (Å²) in [5, 5.41) is 13.2. The standard InChI is InChI=1S/C15H17ClN2O/c16-13-7-4-8-14(15(13)17)18-12(10-19)9-11-5-2-1-3-6-11/h1-8,12,18-19H,9-10,17H2. The normalized spacial score (nSPS) is 12.1. The van der Waals surface area contributed by atoms with Crippen LogP contribution in [0.3, 0.4) is 0 Å². The van der Waals surface area contributed by atoms with Crippen LogP contribution in [0, 0.1) is 0 Å². The van der Waals surface area contributed by atoms with Gasteiger partial charge in [-0.25, -0.2) is 0 Å². The maximum absolute atomic E-state index is 9.47. The average Bonchev–Trinajstić information content (AvgIpc) is 2.44. The Kier molecular flexibility index (Phi) is 4.66. The summed E-state index contributed by atoms with van der Waals surface area (Å²) in [7, 11) is 0. The molecule has 0 bridgehead atoms. The van der Waals surface area contributed by atoms with Gasteiger partial charge in [0.15, 0.2) is 0 Å². The van der Waals surface area contributed by atoms with Crippen LogP contribution in [0.25, 0.3) is 0 Å². The van der Waals surface area contributed by atoms with Gasteiger partial charge in [0.1, 0.15) is 0 Å². The summed E-state index contributed by atoms with van der Waals surface area (Å²) in [5.74, 6) is 0. The van der Waals surface area contributed by atoms with E-state index in [9.17, 15) is 5.11 Å². The zero-order valence-electron chi connectivity index (χ0n) is 10.5. The van der Waals surface area contributed by atoms with Crippen molar-refractivity contribution in [2.45, 2.75) is 12.5 Å². The average molecular weight is 277 g/mol. The first kappa shape index (κ1) is 13.7. The number of benzene rings is 2. The first-order valence-corrected chi connectivity index (χ1v) is 6.54. The lowest BCUT2D eigenvalue weighted by molar-refractivity contribution is 0.274. The lowest BCUT2D eigenvalue weighted by Crippen LogP contribution is -2.26. The first-order chi connectivity index (χ1) is 9.20. The second kappa shape index (κ2) is 6.45. The fourth-order valence-corrected chi connectivity index (χ4v) is 2.12. The van der Waals surface area contributed by atoms with Gasteiger partial charge in [-0.05, 0) is 24.1 Å². The molecular formula is C15H17ClN2O. The van der Waals surface area contributed by atoms with Crippen molar-refractivity contribution in [3.63, 3.8) is 0 Å². The minimum absolute atomic E-state index is 0.0286. The van der Waals surface area contributed by atoms with Crippen LogP contribution in [0.4, 0.5) is 11.4 Å². The molecule has 0 spiro atoms. The molecule has 19 heavy (non-hydrogen) atoms. The Hall–Kier alpha value is -1.71. The van der Waals surface area contributed by atoms with E-state index in [0.29, 0.717) is 10.7 Å². The lowest BCUT2D eigenvalue weighted by atomic mass is 10.1. The number of nitrogen functional groups attached to an aromatic ring is 1. The van der Waals surface area contributed by atoms with Crippen LogP contribution in [-0.4, -0.2) is 17.8 Å². The quantitative estimate of drug-likeness (QED) is 0.736. The predicted molar refractivity (Wildman–Crippen MR) is 80.5 cm³/mol. The van der Waals surface area contributed by atoms with Crippen LogP contribution in [0.2, 0.25) is 5.02 Å². The summed E-state index contributed by atoms with van der Waals surface area (Å²) in [6.07, 6.45) is 0.725. The number of hydrogen-bond acceptors (Lipinski definition) is 3. The highest BCUT2D eigenvalue weighted by Crippen LogP contribution is 2.27. The number of rotatable bonds is 5. The Morgan fingerprint density at radius 3 is 2.53 bits per heavy atom. The number of nitrogens with one attached hydrogen (secondary N) is 1. The van der Waals surface area contributed by atoms with Crippen LogP contribution in [-0.2, 0) is 6.42 Å². The van der Waals surface area contributed by atoms with Gasteiger partial charge in [0, 0.05) is 0 Å². The van der Waals surface area contributed by atoms with Gasteiger partial charge >= 0.3 is 0 Å². The summed E-state index contributed by atoms with van der Waals surface area (Å²) in [5.41, 5.74) is 8.33. The van der Waals surface area contributed by atoms with E-state index in [0.717, 1.165) is 17.7 Å². The van der Waals surface area contributed by atoms with E-state index in [4.69, 9.17) is 17.3 Å². The first-order valence-electron chi connectivity index (χ1n) is 6.16. The van der Waals surface area contributed by atoms with Crippen LogP contribution >= 0.6 is 11.6 Å². The number of hydrogen-bond donors (Lipinski definition) is 3. The third-order valence-electron chi connectivity index (χ3n) is 2.96. The summed E-state index contributed by atoms with van der Waals surface area (Å²) in [4.78, 5) is 0. The predicted octanol–water partition coefficient (Wildman–Crippen LogP) is 2.94. The van der Waals surface area contributed by atoms with E-state index in [1.165, 1.54) is 0 Å². The molecule has 1 atom stereocenters. The van der Waals surface area contributed by atoms with Gasteiger partial charge in [0.05, 0.1) is 29.0 Å². The molecular weight excluding hydrogens is 260 g/mol. The fraction of sp³-hybridized carbons (Fsp3) is 0.200. The summed E-state index contributed by atoms with van der Waals surface area (Å²) < 4.78 is 0. The van der Waals surface area contributed by atoms with Gasteiger partial charge < -0.3 is 16.2 Å². The maximum Gasteiger partial charge on any atom is 0.0739 e. The SMILES string of the molecule is Nc1c(Cl)cccc1NC(CO)Cc1ccccc1. The van der Waals surface area contributed by atoms with E-state index in [-0.39, 0.29) is 12.6 Å². The molecule has 2 rings (SSSR count). The van der Waals surface area contributed by atoms with Gasteiger partial charge in [-0.2, -0.15) is 0 Å². The third-order valence-corrected chi connectivity index (χ3v) is 3.29. The molecule has 0 heterocycles. The third kappa shape index (κ3) is 3.63. The Bertz CT molecular complexity index is 531. The largest absolute Gasteiger partial charge is 0.396 e. The van der Waals surface area contributed by atoms with Crippen molar-refractivity contribution in [3.05, 3.63) is 59.1 Å². The molecule has 0 saturated heterocycles. The van der Waals surface area contributed by atoms with Crippen molar-refractivity contribution >= 4 is 23.0 Å². The molecule has 0 saturated carbocycles. The molecule has 2 aromatic rings. The Morgan fingerprint density at radius 2 is 1.84 bits per heavy atom. The minimum Gasteiger partial charge on any atom is -0.396 e. The second-order valence-electron chi connectivity index (χ2n) is 4.41. The monoisotopic (exact) mass is 276 g/mol. The van der Waals surface area contributed by atoms with Crippen molar-refractivity contribution < 1.29 is 5.11 Å². The second-order valence-corrected chi connectivity index (χ2v) is 4.82. The molecule has 0 aliphatic carbocycles. The molecule has 100 valence electrons. The van der Waals surface area contributed by atoms with Crippen molar-refractivity contribution in [1.29, 1.82) is 0 Å². The highest BCUT2D eigenvalue weighted by molar-refractivity contribution is 6.33. The molecule has 0 aliphatic rings. The number of halogens is 1. The smallest absolute Gasteiger partial charge is 0.0739 e. The van der Waals surface area contributed by atoms with E-state index >= 15 is 0 Å². The number of aliphatic hydroxyl groups excluding tert-OH is 1. The van der Waals surface area contributed by atoms with E-state index in [1.807, 2.05) is 42.5 Å². The Morgan fingerprint density at radius 1 is 1.11 bits per heavy atom. The highest BCUT2D eigenvalue weighted by atomic mass is 35.5. The zero-order chi connectivity index (χ0) is 13.7. The molecule has 1 unspecified atom stereocenters. The lowest BCUT2D eigenvalue weighted by Gasteiger charge is -2.19. The van der Waals surface area contributed by atoms with Gasteiger partial charge in [0.25, 0.3) is 0 Å². The van der Waals surface area contributed by atoms with Crippen molar-refractivity contribution in [2.75, 3.05) is 17.7 Å². The number of para-hydroxylation sites is 1. The molecule has 0 aromatic heterocycles. The molecule has 0 amide bonds. The van der Waals surface area contributed by atoms with Crippen molar-refractivity contribution in [2.24, 2.45) is 0 Å². The number of nitrogens with two attached hydrogens (primary N) is 1. The summed E-state index contributed by atoms with van der Waals surface area (Å²) >= 11 is 5.97. The zero-order valence-corrected chi connectivity index (χ0v) is 11.3. The van der Waals surface area contributed by atoms with E-state index < -0.39 is 0 Å². The summed E-state index contributed by atoms with van der Waals surface area (Å²) in [6, 6.07) is 15.3. The van der Waals surface area contributed by atoms with Crippen molar-refractivity contribution in [1.82, 2.24) is 0 Å². The number of anilines is 2. The molecule has 0 aliphatic heterocycles. The molecule has 4 N–H and O–H groups in total. The molecule has 3 nitrogen and oxygen atoms in total. The van der Waals surface area contributed by atoms with Gasteiger partial charge in [-0.15, -0.1) is 0 Å². The maximum atomic E-state index is 9.47. The van der Waals surface area contributed by atoms with E-state index in [1.54, 1.807) is 6.07 Å². The molecule has 0 fully saturated rings. The van der Waals surface area contributed by atoms with Crippen molar-refractivity contribution in [3.8, 4) is 0 Å². The minimum atomic E-state index is -0.0943. The van der Waals surface area contributed by atoms with Crippen LogP contribution < -0.4 is 11.1 Å². The topological polar surface area (TPSA) is 58.3 Å². The molecule has 0 radical (unpaired) electrons. The Labute approximate surface area is 118 Å². The van der Waals surface area contributed by atoms with Gasteiger partial charge in [-0.1, -0.05) is 48.0 Å². The fourth-order valence-electron chi connectivity index (χ4n) is 1.94. The summed E-state index contributed by atoms with van der Waals surface area (Å²) in [6.45, 7) is 0.0286. The highest BCUT2D eigenvalue weighted by Gasteiger charge is 2.11. The van der Waals surface area contributed by atoms with Crippen LogP contribution in [0.5, 0.6) is 0 Å². The van der Waals surface area contributed by atoms with Crippen LogP contribution in [0.15, 0.2) is 48.5 Å². The van der Waals surface area contributed by atoms with Gasteiger partial charge in [0.2, 0.25) is 0 Å². The Balaban J connectivity index is 2.09. The molecule has 4 heteroatoms. The number of aliphatic hydroxyl groups is 1. The molecule has 2 aromatic carbocycles. The van der Waals surface area contributed by atoms with Gasteiger partial charge in [-0.3, -0.25) is 0 Å². The van der Waals surface area contributed by atoms with Crippen LogP contribution in [0.1, 0.15) is 5.56 Å².